The minimum Gasteiger partial charge on any atom is -0.494 e. The third kappa shape index (κ3) is 3.76. The summed E-state index contributed by atoms with van der Waals surface area (Å²) in [6.45, 7) is 5.00. The lowest BCUT2D eigenvalue weighted by atomic mass is 10.1. The molecule has 1 atom stereocenters. The zero-order valence-corrected chi connectivity index (χ0v) is 16.8. The first kappa shape index (κ1) is 18.6. The number of hydrogen-bond donors (Lipinski definition) is 1. The molecule has 0 saturated heterocycles. The fourth-order valence-corrected chi connectivity index (χ4v) is 4.33. The lowest BCUT2D eigenvalue weighted by Crippen LogP contribution is -2.22. The molecule has 2 heterocycles. The van der Waals surface area contributed by atoms with Gasteiger partial charge in [0.25, 0.3) is 5.91 Å². The number of carbonyl (C=O) groups is 1. The molecule has 4 rings (SSSR count). The van der Waals surface area contributed by atoms with Crippen molar-refractivity contribution in [2.45, 2.75) is 32.9 Å². The van der Waals surface area contributed by atoms with Crippen LogP contribution in [0.25, 0.3) is 11.1 Å². The van der Waals surface area contributed by atoms with Gasteiger partial charge in [0, 0.05) is 29.7 Å². The molecule has 1 unspecified atom stereocenters. The Kier molecular flexibility index (Phi) is 5.35. The maximum atomic E-state index is 12.9. The monoisotopic (exact) mass is 393 g/mol. The lowest BCUT2D eigenvalue weighted by Gasteiger charge is -2.13. The van der Waals surface area contributed by atoms with E-state index < -0.39 is 0 Å². The van der Waals surface area contributed by atoms with E-state index in [2.05, 4.69) is 12.2 Å². The normalized spacial score (nSPS) is 15.0. The summed E-state index contributed by atoms with van der Waals surface area (Å²) in [5, 5.41) is 5.00. The Hall–Kier alpha value is -2.79. The van der Waals surface area contributed by atoms with E-state index in [0.717, 1.165) is 45.1 Å². The van der Waals surface area contributed by atoms with E-state index in [1.54, 1.807) is 0 Å². The van der Waals surface area contributed by atoms with Gasteiger partial charge >= 0.3 is 0 Å². The second-order valence-corrected chi connectivity index (χ2v) is 7.76. The molecule has 0 aliphatic carbocycles. The van der Waals surface area contributed by atoms with Crippen molar-refractivity contribution in [1.82, 2.24) is 5.32 Å². The SMILES string of the molecule is CCOc1cc2c(cc1CNC(=O)c1sccc1-c1ccccc1)OC(C)C2. The Morgan fingerprint density at radius 2 is 2.07 bits per heavy atom. The fraction of sp³-hybridized carbons (Fsp3) is 0.261. The van der Waals surface area contributed by atoms with Crippen LogP contribution in [0.4, 0.5) is 0 Å². The molecule has 3 aromatic rings. The molecule has 1 aliphatic rings. The van der Waals surface area contributed by atoms with Crippen molar-refractivity contribution in [3.8, 4) is 22.6 Å². The second-order valence-electron chi connectivity index (χ2n) is 6.85. The molecule has 0 radical (unpaired) electrons. The average molecular weight is 394 g/mol. The Morgan fingerprint density at radius 1 is 1.25 bits per heavy atom. The lowest BCUT2D eigenvalue weighted by molar-refractivity contribution is 0.0955. The Labute approximate surface area is 169 Å². The highest BCUT2D eigenvalue weighted by atomic mass is 32.1. The summed E-state index contributed by atoms with van der Waals surface area (Å²) >= 11 is 1.45. The number of hydrogen-bond acceptors (Lipinski definition) is 4. The molecular formula is C23H23NO3S. The second kappa shape index (κ2) is 8.07. The van der Waals surface area contributed by atoms with E-state index in [4.69, 9.17) is 9.47 Å². The first-order chi connectivity index (χ1) is 13.7. The molecule has 4 nitrogen and oxygen atoms in total. The standard InChI is InChI=1S/C23H23NO3S/c1-3-26-20-12-17-11-15(2)27-21(17)13-18(20)14-24-23(25)22-19(9-10-28-22)16-7-5-4-6-8-16/h4-10,12-13,15H,3,11,14H2,1-2H3,(H,24,25). The Bertz CT molecular complexity index is 981. The zero-order valence-electron chi connectivity index (χ0n) is 16.0. The summed E-state index contributed by atoms with van der Waals surface area (Å²) in [4.78, 5) is 13.6. The van der Waals surface area contributed by atoms with E-state index >= 15 is 0 Å². The summed E-state index contributed by atoms with van der Waals surface area (Å²) in [6, 6.07) is 16.0. The van der Waals surface area contributed by atoms with Gasteiger partial charge in [0.2, 0.25) is 0 Å². The quantitative estimate of drug-likeness (QED) is 0.636. The van der Waals surface area contributed by atoms with Crippen LogP contribution in [0.1, 0.15) is 34.6 Å². The number of thiophene rings is 1. The number of amides is 1. The molecule has 0 saturated carbocycles. The first-order valence-corrected chi connectivity index (χ1v) is 10.4. The predicted molar refractivity (Wildman–Crippen MR) is 112 cm³/mol. The highest BCUT2D eigenvalue weighted by Crippen LogP contribution is 2.35. The zero-order chi connectivity index (χ0) is 19.5. The number of ether oxygens (including phenoxy) is 2. The van der Waals surface area contributed by atoms with Crippen molar-refractivity contribution in [2.75, 3.05) is 6.61 Å². The molecule has 5 heteroatoms. The molecule has 1 N–H and O–H groups in total. The smallest absolute Gasteiger partial charge is 0.262 e. The summed E-state index contributed by atoms with van der Waals surface area (Å²) in [6.07, 6.45) is 1.06. The minimum absolute atomic E-state index is 0.0777. The van der Waals surface area contributed by atoms with Gasteiger partial charge in [-0.2, -0.15) is 0 Å². The molecule has 0 spiro atoms. The van der Waals surface area contributed by atoms with Gasteiger partial charge < -0.3 is 14.8 Å². The predicted octanol–water partition coefficient (Wildman–Crippen LogP) is 5.07. The van der Waals surface area contributed by atoms with Crippen LogP contribution in [0, 0.1) is 0 Å². The molecule has 1 aromatic heterocycles. The van der Waals surface area contributed by atoms with Gasteiger partial charge in [-0.1, -0.05) is 30.3 Å². The van der Waals surface area contributed by atoms with Crippen molar-refractivity contribution in [1.29, 1.82) is 0 Å². The van der Waals surface area contributed by atoms with Gasteiger partial charge in [0.1, 0.15) is 17.6 Å². The molecule has 2 aromatic carbocycles. The number of fused-ring (bicyclic) bond motifs is 1. The molecule has 0 fully saturated rings. The molecule has 1 aliphatic heterocycles. The van der Waals surface area contributed by atoms with Gasteiger partial charge in [-0.15, -0.1) is 11.3 Å². The van der Waals surface area contributed by atoms with Gasteiger partial charge in [-0.25, -0.2) is 0 Å². The summed E-state index contributed by atoms with van der Waals surface area (Å²) in [5.41, 5.74) is 4.10. The summed E-state index contributed by atoms with van der Waals surface area (Å²) in [7, 11) is 0. The van der Waals surface area contributed by atoms with Gasteiger partial charge in [-0.3, -0.25) is 4.79 Å². The van der Waals surface area contributed by atoms with Crippen LogP contribution < -0.4 is 14.8 Å². The summed E-state index contributed by atoms with van der Waals surface area (Å²) < 4.78 is 11.7. The van der Waals surface area contributed by atoms with Crippen molar-refractivity contribution in [2.24, 2.45) is 0 Å². The largest absolute Gasteiger partial charge is 0.494 e. The maximum absolute atomic E-state index is 12.9. The summed E-state index contributed by atoms with van der Waals surface area (Å²) in [5.74, 6) is 1.63. The molecule has 0 bridgehead atoms. The van der Waals surface area contributed by atoms with Crippen LogP contribution in [0.15, 0.2) is 53.9 Å². The van der Waals surface area contributed by atoms with Crippen LogP contribution in [-0.4, -0.2) is 18.6 Å². The van der Waals surface area contributed by atoms with Gasteiger partial charge in [0.05, 0.1) is 11.5 Å². The fourth-order valence-electron chi connectivity index (χ4n) is 3.50. The van der Waals surface area contributed by atoms with Gasteiger partial charge in [-0.05, 0) is 43.0 Å². The third-order valence-electron chi connectivity index (χ3n) is 4.77. The first-order valence-electron chi connectivity index (χ1n) is 9.52. The molecular weight excluding hydrogens is 370 g/mol. The van der Waals surface area contributed by atoms with E-state index in [9.17, 15) is 4.79 Å². The highest BCUT2D eigenvalue weighted by Gasteiger charge is 2.22. The van der Waals surface area contributed by atoms with Crippen molar-refractivity contribution < 1.29 is 14.3 Å². The van der Waals surface area contributed by atoms with Crippen molar-refractivity contribution in [3.05, 3.63) is 69.9 Å². The van der Waals surface area contributed by atoms with Crippen molar-refractivity contribution in [3.63, 3.8) is 0 Å². The van der Waals surface area contributed by atoms with Crippen LogP contribution in [-0.2, 0) is 13.0 Å². The average Bonchev–Trinajstić information content (AvgIpc) is 3.32. The third-order valence-corrected chi connectivity index (χ3v) is 5.69. The van der Waals surface area contributed by atoms with Crippen LogP contribution in [0.3, 0.4) is 0 Å². The highest BCUT2D eigenvalue weighted by molar-refractivity contribution is 7.12. The van der Waals surface area contributed by atoms with Crippen molar-refractivity contribution >= 4 is 17.2 Å². The number of benzene rings is 2. The van der Waals surface area contributed by atoms with E-state index in [0.29, 0.717) is 13.2 Å². The van der Waals surface area contributed by atoms with Gasteiger partial charge in [0.15, 0.2) is 0 Å². The maximum Gasteiger partial charge on any atom is 0.262 e. The van der Waals surface area contributed by atoms with Crippen LogP contribution in [0.2, 0.25) is 0 Å². The molecule has 28 heavy (non-hydrogen) atoms. The van der Waals surface area contributed by atoms with E-state index in [1.807, 2.05) is 60.8 Å². The van der Waals surface area contributed by atoms with E-state index in [-0.39, 0.29) is 12.0 Å². The Morgan fingerprint density at radius 3 is 2.86 bits per heavy atom. The molecule has 1 amide bonds. The Balaban J connectivity index is 1.53. The molecule has 144 valence electrons. The number of rotatable bonds is 6. The number of carbonyl (C=O) groups excluding carboxylic acids is 1. The van der Waals surface area contributed by atoms with Crippen LogP contribution in [0.5, 0.6) is 11.5 Å². The van der Waals surface area contributed by atoms with E-state index in [1.165, 1.54) is 11.3 Å². The minimum atomic E-state index is -0.0777. The van der Waals surface area contributed by atoms with Crippen LogP contribution >= 0.6 is 11.3 Å². The number of nitrogens with one attached hydrogen (secondary N) is 1. The topological polar surface area (TPSA) is 47.6 Å².